The van der Waals surface area contributed by atoms with E-state index in [0.717, 1.165) is 5.56 Å². The monoisotopic (exact) mass is 308 g/mol. The molecule has 5 heteroatoms. The summed E-state index contributed by atoms with van der Waals surface area (Å²) in [5.74, 6) is -0.526. The van der Waals surface area contributed by atoms with Gasteiger partial charge >= 0.3 is 0 Å². The zero-order chi connectivity index (χ0) is 14.5. The van der Waals surface area contributed by atoms with Gasteiger partial charge in [-0.15, -0.1) is 0 Å². The van der Waals surface area contributed by atoms with E-state index in [1.54, 1.807) is 24.3 Å². The fourth-order valence-electron chi connectivity index (χ4n) is 1.84. The average molecular weight is 309 g/mol. The van der Waals surface area contributed by atoms with Gasteiger partial charge < -0.3 is 5.32 Å². The second-order valence-electron chi connectivity index (χ2n) is 4.19. The van der Waals surface area contributed by atoms with Gasteiger partial charge in [-0.1, -0.05) is 35.3 Å². The first-order valence-electron chi connectivity index (χ1n) is 5.98. The van der Waals surface area contributed by atoms with Crippen LogP contribution in [0.2, 0.25) is 10.0 Å². The standard InChI is InChI=1S/C15H11Cl2FN2/c16-11-5-4-10(13(17)8-11)6-7-20-15-3-1-2-14(18)12(15)9-19/h1-5,8,20H,6-7H2. The Hall–Kier alpha value is -1.76. The molecule has 2 nitrogen and oxygen atoms in total. The summed E-state index contributed by atoms with van der Waals surface area (Å²) in [5, 5.41) is 13.1. The van der Waals surface area contributed by atoms with Crippen molar-refractivity contribution in [2.24, 2.45) is 0 Å². The lowest BCUT2D eigenvalue weighted by Gasteiger charge is -2.09. The Kier molecular flexibility index (Phi) is 4.84. The van der Waals surface area contributed by atoms with E-state index in [4.69, 9.17) is 28.5 Å². The number of benzene rings is 2. The van der Waals surface area contributed by atoms with Crippen LogP contribution < -0.4 is 5.32 Å². The summed E-state index contributed by atoms with van der Waals surface area (Å²) in [6, 6.07) is 11.7. The van der Waals surface area contributed by atoms with Crippen LogP contribution in [0.5, 0.6) is 0 Å². The molecular weight excluding hydrogens is 298 g/mol. The number of hydrogen-bond donors (Lipinski definition) is 1. The molecule has 0 heterocycles. The van der Waals surface area contributed by atoms with Crippen molar-refractivity contribution in [2.75, 3.05) is 11.9 Å². The van der Waals surface area contributed by atoms with Gasteiger partial charge in [-0.05, 0) is 36.2 Å². The minimum Gasteiger partial charge on any atom is -0.384 e. The van der Waals surface area contributed by atoms with Crippen LogP contribution in [-0.4, -0.2) is 6.54 Å². The van der Waals surface area contributed by atoms with Crippen LogP contribution in [0.3, 0.4) is 0 Å². The molecule has 0 spiro atoms. The molecule has 0 bridgehead atoms. The molecule has 102 valence electrons. The zero-order valence-corrected chi connectivity index (χ0v) is 12.0. The summed E-state index contributed by atoms with van der Waals surface area (Å²) in [6.07, 6.45) is 0.650. The molecule has 1 N–H and O–H groups in total. The highest BCUT2D eigenvalue weighted by Gasteiger charge is 2.07. The van der Waals surface area contributed by atoms with Gasteiger partial charge in [-0.3, -0.25) is 0 Å². The van der Waals surface area contributed by atoms with E-state index in [-0.39, 0.29) is 5.56 Å². The van der Waals surface area contributed by atoms with Crippen LogP contribution in [0.15, 0.2) is 36.4 Å². The predicted molar refractivity (Wildman–Crippen MR) is 79.8 cm³/mol. The Morgan fingerprint density at radius 1 is 1.20 bits per heavy atom. The molecule has 0 aliphatic carbocycles. The molecule has 2 aromatic carbocycles. The van der Waals surface area contributed by atoms with Crippen molar-refractivity contribution in [1.82, 2.24) is 0 Å². The predicted octanol–water partition coefficient (Wildman–Crippen LogP) is 4.66. The fraction of sp³-hybridized carbons (Fsp3) is 0.133. The van der Waals surface area contributed by atoms with Gasteiger partial charge in [0.2, 0.25) is 0 Å². The molecular formula is C15H11Cl2FN2. The number of nitriles is 1. The summed E-state index contributed by atoms with van der Waals surface area (Å²) in [6.45, 7) is 0.541. The Bertz CT molecular complexity index is 665. The number of rotatable bonds is 4. The van der Waals surface area contributed by atoms with E-state index in [1.165, 1.54) is 6.07 Å². The van der Waals surface area contributed by atoms with Gasteiger partial charge in [0, 0.05) is 16.6 Å². The summed E-state index contributed by atoms with van der Waals surface area (Å²) in [4.78, 5) is 0. The fourth-order valence-corrected chi connectivity index (χ4v) is 2.34. The van der Waals surface area contributed by atoms with Crippen molar-refractivity contribution >= 4 is 28.9 Å². The first kappa shape index (κ1) is 14.6. The maximum Gasteiger partial charge on any atom is 0.143 e. The van der Waals surface area contributed by atoms with Crippen molar-refractivity contribution in [1.29, 1.82) is 5.26 Å². The highest BCUT2D eigenvalue weighted by molar-refractivity contribution is 6.35. The molecule has 0 saturated carbocycles. The largest absolute Gasteiger partial charge is 0.384 e. The molecule has 0 aliphatic rings. The second kappa shape index (κ2) is 6.60. The quantitative estimate of drug-likeness (QED) is 0.891. The van der Waals surface area contributed by atoms with E-state index in [0.29, 0.717) is 28.7 Å². The molecule has 2 rings (SSSR count). The normalized spacial score (nSPS) is 10.1. The van der Waals surface area contributed by atoms with Gasteiger partial charge in [0.1, 0.15) is 17.4 Å². The third-order valence-corrected chi connectivity index (χ3v) is 3.44. The number of nitrogens with zero attached hydrogens (tertiary/aromatic N) is 1. The Morgan fingerprint density at radius 3 is 2.70 bits per heavy atom. The minimum absolute atomic E-state index is 0.0229. The molecule has 2 aromatic rings. The summed E-state index contributed by atoms with van der Waals surface area (Å²) < 4.78 is 13.4. The van der Waals surface area contributed by atoms with Crippen LogP contribution in [0.25, 0.3) is 0 Å². The van der Waals surface area contributed by atoms with Crippen molar-refractivity contribution in [3.8, 4) is 6.07 Å². The van der Waals surface area contributed by atoms with Crippen molar-refractivity contribution in [3.05, 3.63) is 63.4 Å². The molecule has 0 amide bonds. The Balaban J connectivity index is 2.03. The number of hydrogen-bond acceptors (Lipinski definition) is 2. The number of halogens is 3. The highest BCUT2D eigenvalue weighted by atomic mass is 35.5. The smallest absolute Gasteiger partial charge is 0.143 e. The highest BCUT2D eigenvalue weighted by Crippen LogP contribution is 2.22. The van der Waals surface area contributed by atoms with Crippen LogP contribution >= 0.6 is 23.2 Å². The number of anilines is 1. The van der Waals surface area contributed by atoms with Crippen LogP contribution in [-0.2, 0) is 6.42 Å². The molecule has 0 aromatic heterocycles. The van der Waals surface area contributed by atoms with E-state index in [1.807, 2.05) is 12.1 Å². The summed E-state index contributed by atoms with van der Waals surface area (Å²) in [5.41, 5.74) is 1.45. The first-order chi connectivity index (χ1) is 9.61. The van der Waals surface area contributed by atoms with E-state index in [9.17, 15) is 4.39 Å². The maximum atomic E-state index is 13.4. The average Bonchev–Trinajstić information content (AvgIpc) is 2.41. The second-order valence-corrected chi connectivity index (χ2v) is 5.03. The zero-order valence-electron chi connectivity index (χ0n) is 10.5. The number of nitrogens with one attached hydrogen (secondary N) is 1. The third-order valence-electron chi connectivity index (χ3n) is 2.85. The Morgan fingerprint density at radius 2 is 2.00 bits per heavy atom. The Labute approximate surface area is 126 Å². The van der Waals surface area contributed by atoms with Crippen molar-refractivity contribution in [3.63, 3.8) is 0 Å². The lowest BCUT2D eigenvalue weighted by molar-refractivity contribution is 0.624. The first-order valence-corrected chi connectivity index (χ1v) is 6.74. The third kappa shape index (κ3) is 3.41. The van der Waals surface area contributed by atoms with E-state index in [2.05, 4.69) is 5.32 Å². The SMILES string of the molecule is N#Cc1c(F)cccc1NCCc1ccc(Cl)cc1Cl. The molecule has 0 radical (unpaired) electrons. The van der Waals surface area contributed by atoms with Gasteiger partial charge in [-0.25, -0.2) is 4.39 Å². The van der Waals surface area contributed by atoms with Crippen molar-refractivity contribution < 1.29 is 4.39 Å². The van der Waals surface area contributed by atoms with Crippen LogP contribution in [0.1, 0.15) is 11.1 Å². The lowest BCUT2D eigenvalue weighted by Crippen LogP contribution is -2.07. The van der Waals surface area contributed by atoms with E-state index >= 15 is 0 Å². The van der Waals surface area contributed by atoms with Gasteiger partial charge in [0.25, 0.3) is 0 Å². The lowest BCUT2D eigenvalue weighted by atomic mass is 10.1. The minimum atomic E-state index is -0.526. The van der Waals surface area contributed by atoms with Crippen LogP contribution in [0.4, 0.5) is 10.1 Å². The summed E-state index contributed by atoms with van der Waals surface area (Å²) >= 11 is 11.9. The van der Waals surface area contributed by atoms with Gasteiger partial charge in [0.15, 0.2) is 0 Å². The topological polar surface area (TPSA) is 35.8 Å². The van der Waals surface area contributed by atoms with Crippen LogP contribution in [0, 0.1) is 17.1 Å². The molecule has 0 unspecified atom stereocenters. The van der Waals surface area contributed by atoms with Gasteiger partial charge in [0.05, 0.1) is 5.69 Å². The van der Waals surface area contributed by atoms with Gasteiger partial charge in [-0.2, -0.15) is 5.26 Å². The summed E-state index contributed by atoms with van der Waals surface area (Å²) in [7, 11) is 0. The molecule has 0 aliphatic heterocycles. The molecule has 0 saturated heterocycles. The molecule has 0 atom stereocenters. The molecule has 20 heavy (non-hydrogen) atoms. The molecule has 0 fully saturated rings. The van der Waals surface area contributed by atoms with E-state index < -0.39 is 5.82 Å². The van der Waals surface area contributed by atoms with Crippen molar-refractivity contribution in [2.45, 2.75) is 6.42 Å². The maximum absolute atomic E-state index is 13.4.